The predicted molar refractivity (Wildman–Crippen MR) is 58.7 cm³/mol. The van der Waals surface area contributed by atoms with Crippen LogP contribution in [0.25, 0.3) is 0 Å². The number of aliphatic imine (C=N–C) groups is 1. The van der Waals surface area contributed by atoms with Crippen LogP contribution in [0.15, 0.2) is 23.2 Å². The highest BCUT2D eigenvalue weighted by Crippen LogP contribution is 2.34. The zero-order chi connectivity index (χ0) is 11.5. The third kappa shape index (κ3) is 2.28. The van der Waals surface area contributed by atoms with Crippen molar-refractivity contribution in [3.8, 4) is 17.2 Å². The van der Waals surface area contributed by atoms with Crippen LogP contribution in [0.3, 0.4) is 0 Å². The summed E-state index contributed by atoms with van der Waals surface area (Å²) in [5.41, 5.74) is 10.4. The molecule has 6 heteroatoms. The monoisotopic (exact) mass is 223 g/mol. The molecule has 0 radical (unpaired) electrons. The molecule has 1 aliphatic rings. The van der Waals surface area contributed by atoms with Crippen molar-refractivity contribution in [2.24, 2.45) is 16.5 Å². The van der Waals surface area contributed by atoms with Gasteiger partial charge in [-0.2, -0.15) is 0 Å². The minimum absolute atomic E-state index is 0.0188. The molecule has 1 aromatic carbocycles. The summed E-state index contributed by atoms with van der Waals surface area (Å²) in [7, 11) is 0. The SMILES string of the molecule is NC(N)=NCC1COc2ccc(O)cc2O1. The summed E-state index contributed by atoms with van der Waals surface area (Å²) in [4.78, 5) is 3.85. The molecule has 0 saturated carbocycles. The van der Waals surface area contributed by atoms with Gasteiger partial charge >= 0.3 is 0 Å². The number of aromatic hydroxyl groups is 1. The Hall–Kier alpha value is -2.11. The highest BCUT2D eigenvalue weighted by atomic mass is 16.6. The Labute approximate surface area is 92.5 Å². The summed E-state index contributed by atoms with van der Waals surface area (Å²) < 4.78 is 11.0. The first-order valence-corrected chi connectivity index (χ1v) is 4.83. The van der Waals surface area contributed by atoms with Gasteiger partial charge in [-0.15, -0.1) is 0 Å². The molecule has 1 aromatic rings. The highest BCUT2D eigenvalue weighted by molar-refractivity contribution is 5.75. The van der Waals surface area contributed by atoms with Gasteiger partial charge in [-0.25, -0.2) is 4.99 Å². The van der Waals surface area contributed by atoms with Gasteiger partial charge < -0.3 is 26.0 Å². The standard InChI is InChI=1S/C10H13N3O3/c11-10(12)13-4-7-5-15-8-2-1-6(14)3-9(8)16-7/h1-3,7,14H,4-5H2,(H4,11,12,13). The highest BCUT2D eigenvalue weighted by Gasteiger charge is 2.20. The van der Waals surface area contributed by atoms with E-state index >= 15 is 0 Å². The summed E-state index contributed by atoms with van der Waals surface area (Å²) in [6.07, 6.45) is -0.239. The van der Waals surface area contributed by atoms with Crippen molar-refractivity contribution >= 4 is 5.96 Å². The number of phenols is 1. The van der Waals surface area contributed by atoms with E-state index in [0.29, 0.717) is 24.7 Å². The topological polar surface area (TPSA) is 103 Å². The molecule has 6 nitrogen and oxygen atoms in total. The van der Waals surface area contributed by atoms with Crippen LogP contribution < -0.4 is 20.9 Å². The molecule has 16 heavy (non-hydrogen) atoms. The first-order chi connectivity index (χ1) is 7.65. The normalized spacial score (nSPS) is 17.9. The van der Waals surface area contributed by atoms with Crippen LogP contribution in [0, 0.1) is 0 Å². The van der Waals surface area contributed by atoms with Gasteiger partial charge in [0.2, 0.25) is 0 Å². The van der Waals surface area contributed by atoms with Crippen molar-refractivity contribution in [2.45, 2.75) is 6.10 Å². The van der Waals surface area contributed by atoms with E-state index in [4.69, 9.17) is 20.9 Å². The number of nitrogens with zero attached hydrogens (tertiary/aromatic N) is 1. The molecule has 0 aliphatic carbocycles. The van der Waals surface area contributed by atoms with Crippen molar-refractivity contribution in [2.75, 3.05) is 13.2 Å². The van der Waals surface area contributed by atoms with E-state index in [1.165, 1.54) is 6.07 Å². The molecule has 0 fully saturated rings. The minimum Gasteiger partial charge on any atom is -0.508 e. The van der Waals surface area contributed by atoms with Crippen molar-refractivity contribution in [3.05, 3.63) is 18.2 Å². The van der Waals surface area contributed by atoms with E-state index in [0.717, 1.165) is 0 Å². The Kier molecular flexibility index (Phi) is 2.72. The molecule has 0 spiro atoms. The Bertz CT molecular complexity index is 416. The predicted octanol–water partition coefficient (Wildman–Crippen LogP) is -0.195. The number of rotatable bonds is 2. The number of guanidine groups is 1. The van der Waals surface area contributed by atoms with Crippen molar-refractivity contribution in [1.82, 2.24) is 0 Å². The fourth-order valence-corrected chi connectivity index (χ4v) is 1.40. The van der Waals surface area contributed by atoms with Crippen LogP contribution in [0.4, 0.5) is 0 Å². The largest absolute Gasteiger partial charge is 0.508 e. The molecule has 1 atom stereocenters. The Morgan fingerprint density at radius 1 is 1.44 bits per heavy atom. The lowest BCUT2D eigenvalue weighted by Gasteiger charge is -2.25. The average Bonchev–Trinajstić information content (AvgIpc) is 2.25. The van der Waals surface area contributed by atoms with Crippen LogP contribution in [-0.2, 0) is 0 Å². The summed E-state index contributed by atoms with van der Waals surface area (Å²) in [6, 6.07) is 4.69. The molecule has 0 bridgehead atoms. The zero-order valence-electron chi connectivity index (χ0n) is 8.59. The molecule has 0 saturated heterocycles. The molecular formula is C10H13N3O3. The van der Waals surface area contributed by atoms with Gasteiger partial charge in [-0.1, -0.05) is 0 Å². The number of benzene rings is 1. The third-order valence-corrected chi connectivity index (χ3v) is 2.12. The maximum absolute atomic E-state index is 9.29. The summed E-state index contributed by atoms with van der Waals surface area (Å²) in [6.45, 7) is 0.714. The molecular weight excluding hydrogens is 210 g/mol. The Morgan fingerprint density at radius 3 is 3.00 bits per heavy atom. The lowest BCUT2D eigenvalue weighted by molar-refractivity contribution is 0.0968. The lowest BCUT2D eigenvalue weighted by Crippen LogP contribution is -2.33. The molecule has 1 heterocycles. The van der Waals surface area contributed by atoms with Crippen molar-refractivity contribution in [3.63, 3.8) is 0 Å². The number of hydrogen-bond acceptors (Lipinski definition) is 4. The van der Waals surface area contributed by atoms with E-state index in [9.17, 15) is 5.11 Å². The number of fused-ring (bicyclic) bond motifs is 1. The smallest absolute Gasteiger partial charge is 0.186 e. The fourth-order valence-electron chi connectivity index (χ4n) is 1.40. The first kappa shape index (κ1) is 10.4. The molecule has 0 aromatic heterocycles. The van der Waals surface area contributed by atoms with Gasteiger partial charge in [-0.05, 0) is 12.1 Å². The van der Waals surface area contributed by atoms with Crippen LogP contribution in [0.1, 0.15) is 0 Å². The van der Waals surface area contributed by atoms with E-state index in [2.05, 4.69) is 4.99 Å². The van der Waals surface area contributed by atoms with Crippen LogP contribution in [0.5, 0.6) is 17.2 Å². The quantitative estimate of drug-likeness (QED) is 0.476. The molecule has 86 valence electrons. The van der Waals surface area contributed by atoms with Gasteiger partial charge in [0.05, 0.1) is 6.54 Å². The summed E-state index contributed by atoms with van der Waals surface area (Å²) >= 11 is 0. The van der Waals surface area contributed by atoms with E-state index in [1.54, 1.807) is 12.1 Å². The van der Waals surface area contributed by atoms with E-state index < -0.39 is 0 Å². The second-order valence-corrected chi connectivity index (χ2v) is 3.45. The summed E-state index contributed by atoms with van der Waals surface area (Å²) in [5, 5.41) is 9.29. The summed E-state index contributed by atoms with van der Waals surface area (Å²) in [5.74, 6) is 1.26. The Balaban J connectivity index is 2.08. The van der Waals surface area contributed by atoms with E-state index in [-0.39, 0.29) is 17.8 Å². The Morgan fingerprint density at radius 2 is 2.25 bits per heavy atom. The van der Waals surface area contributed by atoms with E-state index in [1.807, 2.05) is 0 Å². The number of nitrogens with two attached hydrogens (primary N) is 2. The lowest BCUT2D eigenvalue weighted by atomic mass is 10.2. The first-order valence-electron chi connectivity index (χ1n) is 4.83. The van der Waals surface area contributed by atoms with Crippen LogP contribution in [-0.4, -0.2) is 30.3 Å². The molecule has 1 unspecified atom stereocenters. The molecule has 1 aliphatic heterocycles. The van der Waals surface area contributed by atoms with Gasteiger partial charge in [-0.3, -0.25) is 0 Å². The van der Waals surface area contributed by atoms with Gasteiger partial charge in [0, 0.05) is 6.07 Å². The second-order valence-electron chi connectivity index (χ2n) is 3.45. The fraction of sp³-hybridized carbons (Fsp3) is 0.300. The third-order valence-electron chi connectivity index (χ3n) is 2.12. The number of ether oxygens (including phenoxy) is 2. The van der Waals surface area contributed by atoms with Crippen molar-refractivity contribution in [1.29, 1.82) is 0 Å². The molecule has 0 amide bonds. The maximum Gasteiger partial charge on any atom is 0.186 e. The zero-order valence-corrected chi connectivity index (χ0v) is 8.59. The maximum atomic E-state index is 9.29. The molecule has 2 rings (SSSR count). The van der Waals surface area contributed by atoms with Crippen LogP contribution >= 0.6 is 0 Å². The van der Waals surface area contributed by atoms with Crippen molar-refractivity contribution < 1.29 is 14.6 Å². The van der Waals surface area contributed by atoms with Gasteiger partial charge in [0.25, 0.3) is 0 Å². The number of hydrogen-bond donors (Lipinski definition) is 3. The average molecular weight is 223 g/mol. The van der Waals surface area contributed by atoms with Crippen LogP contribution in [0.2, 0.25) is 0 Å². The van der Waals surface area contributed by atoms with Gasteiger partial charge in [0.1, 0.15) is 12.4 Å². The molecule has 5 N–H and O–H groups in total. The second kappa shape index (κ2) is 4.18. The van der Waals surface area contributed by atoms with Gasteiger partial charge in [0.15, 0.2) is 23.6 Å². The minimum atomic E-state index is -0.239. The number of phenolic OH excluding ortho intramolecular Hbond substituents is 1.